The van der Waals surface area contributed by atoms with Crippen molar-refractivity contribution < 1.29 is 55.7 Å². The van der Waals surface area contributed by atoms with Crippen molar-refractivity contribution in [2.24, 2.45) is 5.92 Å². The number of halogens is 3. The van der Waals surface area contributed by atoms with Crippen molar-refractivity contribution in [2.45, 2.75) is 13.1 Å². The van der Waals surface area contributed by atoms with Crippen molar-refractivity contribution >= 4 is 10.1 Å². The molecule has 0 N–H and O–H groups in total. The van der Waals surface area contributed by atoms with Gasteiger partial charge in [-0.05, 0) is 0 Å². The Morgan fingerprint density at radius 1 is 1.42 bits per heavy atom. The van der Waals surface area contributed by atoms with Crippen molar-refractivity contribution in [2.75, 3.05) is 5.75 Å². The van der Waals surface area contributed by atoms with Gasteiger partial charge in [0.25, 0.3) is 0 Å². The van der Waals surface area contributed by atoms with E-state index in [2.05, 4.69) is 0 Å². The number of hydrogen-bond acceptors (Lipinski definition) is 3. The number of rotatable bonds is 2. The summed E-state index contributed by atoms with van der Waals surface area (Å²) in [5, 5.41) is 0. The Morgan fingerprint density at radius 2 is 1.75 bits per heavy atom. The van der Waals surface area contributed by atoms with Crippen LogP contribution in [-0.4, -0.2) is 24.9 Å². The van der Waals surface area contributed by atoms with Crippen molar-refractivity contribution in [3.8, 4) is 0 Å². The van der Waals surface area contributed by atoms with Crippen LogP contribution >= 0.6 is 0 Å². The number of hydrogen-bond donors (Lipinski definition) is 0. The molecule has 0 aromatic rings. The van der Waals surface area contributed by atoms with Gasteiger partial charge in [-0.2, -0.15) is 13.2 Å². The Hall–Kier alpha value is 0.700. The predicted molar refractivity (Wildman–Crippen MR) is 29.8 cm³/mol. The smallest absolute Gasteiger partial charge is 0.748 e. The zero-order chi connectivity index (χ0) is 9.28. The van der Waals surface area contributed by atoms with Crippen molar-refractivity contribution in [1.82, 2.24) is 0 Å². The van der Waals surface area contributed by atoms with E-state index in [1.807, 2.05) is 0 Å². The summed E-state index contributed by atoms with van der Waals surface area (Å²) in [6.45, 7) is 0.648. The van der Waals surface area contributed by atoms with Crippen LogP contribution in [0.1, 0.15) is 6.92 Å². The zero-order valence-electron chi connectivity index (χ0n) is 6.55. The molecule has 0 aliphatic heterocycles. The first-order chi connectivity index (χ1) is 4.63. The van der Waals surface area contributed by atoms with Crippen LogP contribution in [0.25, 0.3) is 0 Å². The van der Waals surface area contributed by atoms with Gasteiger partial charge in [0.2, 0.25) is 0 Å². The molecule has 0 bridgehead atoms. The molecular weight excluding hydrogens is 208 g/mol. The average Bonchev–Trinajstić information content (AvgIpc) is 1.56. The van der Waals surface area contributed by atoms with E-state index >= 15 is 0 Å². The third-order valence-electron chi connectivity index (χ3n) is 1.01. The first-order valence-electron chi connectivity index (χ1n) is 2.63. The van der Waals surface area contributed by atoms with Crippen LogP contribution in [0.3, 0.4) is 0 Å². The molecule has 68 valence electrons. The van der Waals surface area contributed by atoms with Crippen LogP contribution in [0.5, 0.6) is 0 Å². The van der Waals surface area contributed by atoms with E-state index < -0.39 is 28.0 Å². The molecule has 1 atom stereocenters. The molecule has 0 aliphatic carbocycles. The van der Waals surface area contributed by atoms with Gasteiger partial charge in [0.05, 0.1) is 16.0 Å². The van der Waals surface area contributed by atoms with Crippen LogP contribution in [0.15, 0.2) is 0 Å². The van der Waals surface area contributed by atoms with E-state index in [1.54, 1.807) is 0 Å². The van der Waals surface area contributed by atoms with Crippen molar-refractivity contribution in [3.05, 3.63) is 0 Å². The minimum absolute atomic E-state index is 0. The Morgan fingerprint density at radius 3 is 1.83 bits per heavy atom. The second-order valence-electron chi connectivity index (χ2n) is 2.17. The minimum Gasteiger partial charge on any atom is -0.748 e. The molecule has 0 aliphatic rings. The molecule has 12 heavy (non-hydrogen) atoms. The van der Waals surface area contributed by atoms with Crippen LogP contribution in [-0.2, 0) is 10.1 Å². The molecule has 0 saturated carbocycles. The van der Waals surface area contributed by atoms with Crippen LogP contribution in [0, 0.1) is 5.92 Å². The Labute approximate surface area is 90.4 Å². The fraction of sp³-hybridized carbons (Fsp3) is 1.00. The van der Waals surface area contributed by atoms with E-state index in [4.69, 9.17) is 0 Å². The molecule has 8 heteroatoms. The Bertz CT molecular complexity index is 222. The van der Waals surface area contributed by atoms with Gasteiger partial charge in [-0.1, -0.05) is 6.92 Å². The third kappa shape index (κ3) is 7.35. The second kappa shape index (κ2) is 4.80. The second-order valence-corrected chi connectivity index (χ2v) is 3.62. The molecule has 0 amide bonds. The summed E-state index contributed by atoms with van der Waals surface area (Å²) in [6, 6.07) is 0. The largest absolute Gasteiger partial charge is 1.00 e. The quantitative estimate of drug-likeness (QED) is 0.385. The van der Waals surface area contributed by atoms with E-state index in [0.717, 1.165) is 0 Å². The van der Waals surface area contributed by atoms with Gasteiger partial charge in [-0.3, -0.25) is 0 Å². The fourth-order valence-corrected chi connectivity index (χ4v) is 1.20. The Kier molecular flexibility index (Phi) is 6.08. The molecule has 0 aromatic heterocycles. The van der Waals surface area contributed by atoms with Crippen LogP contribution in [0.4, 0.5) is 13.2 Å². The van der Waals surface area contributed by atoms with E-state index in [9.17, 15) is 26.1 Å². The van der Waals surface area contributed by atoms with Gasteiger partial charge >= 0.3 is 35.7 Å². The van der Waals surface area contributed by atoms with Gasteiger partial charge in [0.1, 0.15) is 0 Å². The van der Waals surface area contributed by atoms with E-state index in [1.165, 1.54) is 0 Å². The summed E-state index contributed by atoms with van der Waals surface area (Å²) in [4.78, 5) is 0. The molecule has 3 nitrogen and oxygen atoms in total. The molecular formula is C4H6F3NaO3S. The van der Waals surface area contributed by atoms with E-state index in [0.29, 0.717) is 6.92 Å². The first kappa shape index (κ1) is 15.2. The maximum absolute atomic E-state index is 11.6. The average molecular weight is 214 g/mol. The summed E-state index contributed by atoms with van der Waals surface area (Å²) in [6.07, 6.45) is -4.61. The van der Waals surface area contributed by atoms with E-state index in [-0.39, 0.29) is 29.6 Å². The molecule has 1 unspecified atom stereocenters. The van der Waals surface area contributed by atoms with Crippen LogP contribution < -0.4 is 29.6 Å². The topological polar surface area (TPSA) is 57.2 Å². The maximum atomic E-state index is 11.6. The third-order valence-corrected chi connectivity index (χ3v) is 1.92. The molecule has 0 heterocycles. The van der Waals surface area contributed by atoms with Gasteiger partial charge in [-0.25, -0.2) is 8.42 Å². The van der Waals surface area contributed by atoms with Crippen LogP contribution in [0.2, 0.25) is 0 Å². The molecule has 0 saturated heterocycles. The summed E-state index contributed by atoms with van der Waals surface area (Å²) < 4.78 is 64.2. The summed E-state index contributed by atoms with van der Waals surface area (Å²) in [7, 11) is -4.78. The molecule has 0 fully saturated rings. The SMILES string of the molecule is CC(CS(=O)(=O)[O-])C(F)(F)F.[Na+]. The fourth-order valence-electron chi connectivity index (χ4n) is 0.401. The minimum atomic E-state index is -4.78. The van der Waals surface area contributed by atoms with Gasteiger partial charge in [-0.15, -0.1) is 0 Å². The molecule has 0 spiro atoms. The van der Waals surface area contributed by atoms with Crippen molar-refractivity contribution in [3.63, 3.8) is 0 Å². The normalized spacial score (nSPS) is 15.1. The summed E-state index contributed by atoms with van der Waals surface area (Å²) >= 11 is 0. The maximum Gasteiger partial charge on any atom is 1.00 e. The standard InChI is InChI=1S/C4H7F3O3S.Na/c1-3(4(5,6)7)2-11(8,9)10;/h3H,2H2,1H3,(H,8,9,10);/q;+1/p-1. The molecule has 0 aromatic carbocycles. The van der Waals surface area contributed by atoms with Gasteiger partial charge in [0.15, 0.2) is 0 Å². The first-order valence-corrected chi connectivity index (χ1v) is 4.21. The summed E-state index contributed by atoms with van der Waals surface area (Å²) in [5.41, 5.74) is 0. The van der Waals surface area contributed by atoms with Gasteiger partial charge < -0.3 is 4.55 Å². The monoisotopic (exact) mass is 214 g/mol. The zero-order valence-corrected chi connectivity index (χ0v) is 9.37. The van der Waals surface area contributed by atoms with Gasteiger partial charge in [0, 0.05) is 5.75 Å². The van der Waals surface area contributed by atoms with Crippen molar-refractivity contribution in [1.29, 1.82) is 0 Å². The predicted octanol–water partition coefficient (Wildman–Crippen LogP) is -2.27. The molecule has 0 rings (SSSR count). The summed E-state index contributed by atoms with van der Waals surface area (Å²) in [5.74, 6) is -3.48. The Balaban J connectivity index is 0. The number of alkyl halides is 3. The molecule has 0 radical (unpaired) electrons.